The predicted molar refractivity (Wildman–Crippen MR) is 60.4 cm³/mol. The summed E-state index contributed by atoms with van der Waals surface area (Å²) in [6.45, 7) is 1.62. The highest BCUT2D eigenvalue weighted by Crippen LogP contribution is 2.12. The highest BCUT2D eigenvalue weighted by Gasteiger charge is 2.27. The van der Waals surface area contributed by atoms with Crippen molar-refractivity contribution < 1.29 is 16.8 Å². The molecule has 0 radical (unpaired) electrons. The molecule has 1 aromatic rings. The van der Waals surface area contributed by atoms with Gasteiger partial charge in [0, 0.05) is 5.41 Å². The molecule has 1 aliphatic heterocycles. The molecule has 0 saturated heterocycles. The zero-order valence-electron chi connectivity index (χ0n) is 8.91. The molecule has 0 aliphatic carbocycles. The van der Waals surface area contributed by atoms with Crippen LogP contribution in [0, 0.1) is 6.92 Å². The molecule has 0 bridgehead atoms. The lowest BCUT2D eigenvalue weighted by molar-refractivity contribution is 0.571. The zero-order valence-corrected chi connectivity index (χ0v) is 10.5. The molecule has 2 rings (SSSR count). The average molecular weight is 277 g/mol. The predicted octanol–water partition coefficient (Wildman–Crippen LogP) is -0.693. The van der Waals surface area contributed by atoms with Crippen molar-refractivity contribution >= 4 is 19.9 Å². The number of H-pyrrole nitrogens is 1. The van der Waals surface area contributed by atoms with Gasteiger partial charge in [0.1, 0.15) is 5.82 Å². The van der Waals surface area contributed by atoms with E-state index in [0.29, 0.717) is 5.82 Å². The number of nitrogens with one attached hydrogen (secondary N) is 2. The van der Waals surface area contributed by atoms with Crippen LogP contribution in [0.5, 0.6) is 0 Å². The van der Waals surface area contributed by atoms with Gasteiger partial charge in [0.15, 0.2) is 14.9 Å². The lowest BCUT2D eigenvalue weighted by atomic mass is 10.4. The third kappa shape index (κ3) is 2.73. The molecular formula is C8H11N3O4S2. The summed E-state index contributed by atoms with van der Waals surface area (Å²) in [5.41, 5.74) is 0. The number of hydrogen-bond donors (Lipinski definition) is 2. The Morgan fingerprint density at radius 2 is 2.24 bits per heavy atom. The van der Waals surface area contributed by atoms with E-state index in [0.717, 1.165) is 5.41 Å². The van der Waals surface area contributed by atoms with Crippen LogP contribution in [-0.2, 0) is 19.9 Å². The summed E-state index contributed by atoms with van der Waals surface area (Å²) in [5, 5.41) is 0.936. The summed E-state index contributed by atoms with van der Waals surface area (Å²) in [7, 11) is -7.03. The molecule has 0 spiro atoms. The van der Waals surface area contributed by atoms with E-state index in [1.54, 1.807) is 6.92 Å². The van der Waals surface area contributed by atoms with Crippen molar-refractivity contribution in [3.63, 3.8) is 0 Å². The highest BCUT2D eigenvalue weighted by atomic mass is 32.2. The van der Waals surface area contributed by atoms with Crippen molar-refractivity contribution in [3.05, 3.63) is 23.5 Å². The van der Waals surface area contributed by atoms with Gasteiger partial charge in [-0.15, -0.1) is 0 Å². The average Bonchev–Trinajstić information content (AvgIpc) is 2.72. The second-order valence-electron chi connectivity index (χ2n) is 3.72. The van der Waals surface area contributed by atoms with E-state index >= 15 is 0 Å². The van der Waals surface area contributed by atoms with E-state index < -0.39 is 25.9 Å². The summed E-state index contributed by atoms with van der Waals surface area (Å²) in [6, 6.07) is -0.728. The van der Waals surface area contributed by atoms with Crippen molar-refractivity contribution in [3.8, 4) is 0 Å². The molecule has 0 fully saturated rings. The Bertz CT molecular complexity index is 657. The minimum absolute atomic E-state index is 0.0762. The van der Waals surface area contributed by atoms with Gasteiger partial charge in [-0.1, -0.05) is 6.08 Å². The van der Waals surface area contributed by atoms with Crippen molar-refractivity contribution in [2.45, 2.75) is 18.0 Å². The van der Waals surface area contributed by atoms with E-state index in [1.165, 1.54) is 12.3 Å². The number of rotatable bonds is 3. The molecule has 0 aromatic carbocycles. The minimum atomic E-state index is -3.76. The highest BCUT2D eigenvalue weighted by molar-refractivity contribution is 7.94. The van der Waals surface area contributed by atoms with Crippen LogP contribution in [0.3, 0.4) is 0 Å². The maximum Gasteiger partial charge on any atom is 0.258 e. The summed E-state index contributed by atoms with van der Waals surface area (Å²) in [4.78, 5) is 6.35. The molecule has 1 atom stereocenters. The Labute approximate surface area is 98.9 Å². The van der Waals surface area contributed by atoms with E-state index in [-0.39, 0.29) is 10.8 Å². The summed E-state index contributed by atoms with van der Waals surface area (Å²) in [5.74, 6) is 0.222. The number of aromatic amines is 1. The fourth-order valence-corrected chi connectivity index (χ4v) is 3.95. The minimum Gasteiger partial charge on any atom is -0.332 e. The van der Waals surface area contributed by atoms with Crippen molar-refractivity contribution in [2.24, 2.45) is 0 Å². The van der Waals surface area contributed by atoms with E-state index in [2.05, 4.69) is 14.7 Å². The summed E-state index contributed by atoms with van der Waals surface area (Å²) in [6.07, 6.45) is 2.50. The molecule has 0 amide bonds. The topological polar surface area (TPSA) is 109 Å². The maximum atomic E-state index is 11.8. The van der Waals surface area contributed by atoms with Crippen LogP contribution in [0.25, 0.3) is 0 Å². The lowest BCUT2D eigenvalue weighted by Gasteiger charge is -2.08. The van der Waals surface area contributed by atoms with Gasteiger partial charge in [-0.3, -0.25) is 0 Å². The molecule has 1 aromatic heterocycles. The van der Waals surface area contributed by atoms with Gasteiger partial charge in [0.05, 0.1) is 18.0 Å². The molecular weight excluding hydrogens is 266 g/mol. The smallest absolute Gasteiger partial charge is 0.258 e. The number of sulfone groups is 1. The molecule has 1 aliphatic rings. The number of imidazole rings is 1. The van der Waals surface area contributed by atoms with Crippen molar-refractivity contribution in [1.29, 1.82) is 0 Å². The van der Waals surface area contributed by atoms with Gasteiger partial charge in [-0.25, -0.2) is 26.5 Å². The van der Waals surface area contributed by atoms with Gasteiger partial charge >= 0.3 is 0 Å². The number of nitrogens with zero attached hydrogens (tertiary/aromatic N) is 1. The Kier molecular flexibility index (Phi) is 2.84. The Balaban J connectivity index is 2.18. The molecule has 2 heterocycles. The first kappa shape index (κ1) is 12.3. The van der Waals surface area contributed by atoms with Crippen LogP contribution in [0.1, 0.15) is 5.82 Å². The quantitative estimate of drug-likeness (QED) is 0.760. The van der Waals surface area contributed by atoms with Crippen LogP contribution < -0.4 is 4.72 Å². The number of aromatic nitrogens is 2. The van der Waals surface area contributed by atoms with Crippen molar-refractivity contribution in [1.82, 2.24) is 14.7 Å². The van der Waals surface area contributed by atoms with Gasteiger partial charge in [-0.2, -0.15) is 0 Å². The molecule has 94 valence electrons. The summed E-state index contributed by atoms with van der Waals surface area (Å²) < 4.78 is 48.1. The Morgan fingerprint density at radius 1 is 1.53 bits per heavy atom. The molecule has 0 saturated carbocycles. The Hall–Kier alpha value is -1.19. The summed E-state index contributed by atoms with van der Waals surface area (Å²) >= 11 is 0. The second kappa shape index (κ2) is 3.93. The normalized spacial score (nSPS) is 23.0. The first-order valence-corrected chi connectivity index (χ1v) is 7.93. The molecule has 7 nitrogen and oxygen atoms in total. The lowest BCUT2D eigenvalue weighted by Crippen LogP contribution is -2.35. The third-order valence-electron chi connectivity index (χ3n) is 2.21. The SMILES string of the molecule is Cc1ncc(S(=O)(=O)NC2C=CS(=O)(=O)C2)[nH]1. The zero-order chi connectivity index (χ0) is 12.7. The molecule has 9 heteroatoms. The van der Waals surface area contributed by atoms with Crippen LogP contribution in [-0.4, -0.2) is 38.6 Å². The van der Waals surface area contributed by atoms with Crippen LogP contribution >= 0.6 is 0 Å². The molecule has 2 N–H and O–H groups in total. The van der Waals surface area contributed by atoms with Gasteiger partial charge < -0.3 is 4.98 Å². The first-order valence-electron chi connectivity index (χ1n) is 4.73. The van der Waals surface area contributed by atoms with Gasteiger partial charge in [0.2, 0.25) is 0 Å². The van der Waals surface area contributed by atoms with Crippen LogP contribution in [0.4, 0.5) is 0 Å². The number of hydrogen-bond acceptors (Lipinski definition) is 5. The largest absolute Gasteiger partial charge is 0.332 e. The first-order chi connectivity index (χ1) is 7.78. The number of sulfonamides is 1. The monoisotopic (exact) mass is 277 g/mol. The Morgan fingerprint density at radius 3 is 2.71 bits per heavy atom. The van der Waals surface area contributed by atoms with E-state index in [9.17, 15) is 16.8 Å². The fraction of sp³-hybridized carbons (Fsp3) is 0.375. The van der Waals surface area contributed by atoms with Crippen molar-refractivity contribution in [2.75, 3.05) is 5.75 Å². The van der Waals surface area contributed by atoms with E-state index in [4.69, 9.17) is 0 Å². The second-order valence-corrected chi connectivity index (χ2v) is 7.33. The van der Waals surface area contributed by atoms with Crippen LogP contribution in [0.2, 0.25) is 0 Å². The molecule has 1 unspecified atom stereocenters. The standard InChI is InChI=1S/C8H11N3O4S2/c1-6-9-4-8(10-6)17(14,15)11-7-2-3-16(12,13)5-7/h2-4,7,11H,5H2,1H3,(H,9,10). The third-order valence-corrected chi connectivity index (χ3v) is 5.00. The van der Waals surface area contributed by atoms with E-state index in [1.807, 2.05) is 0 Å². The fourth-order valence-electron chi connectivity index (χ4n) is 1.45. The van der Waals surface area contributed by atoms with Crippen LogP contribution in [0.15, 0.2) is 22.7 Å². The number of aryl methyl sites for hydroxylation is 1. The van der Waals surface area contributed by atoms with Gasteiger partial charge in [0.25, 0.3) is 10.0 Å². The molecule has 17 heavy (non-hydrogen) atoms. The van der Waals surface area contributed by atoms with Gasteiger partial charge in [-0.05, 0) is 6.92 Å². The maximum absolute atomic E-state index is 11.8.